The second-order valence-electron chi connectivity index (χ2n) is 7.36. The van der Waals surface area contributed by atoms with Crippen LogP contribution in [0.4, 0.5) is 18.9 Å². The van der Waals surface area contributed by atoms with E-state index in [9.17, 15) is 23.2 Å². The largest absolute Gasteiger partial charge is 0.496 e. The molecule has 0 N–H and O–H groups in total. The molecule has 3 rings (SSSR count). The summed E-state index contributed by atoms with van der Waals surface area (Å²) in [7, 11) is 2.99. The molecule has 0 spiro atoms. The molecule has 5 nitrogen and oxygen atoms in total. The Labute approximate surface area is 194 Å². The standard InChI is InChI=1S/C24H19ClF3N3O2/c1-13-6-5-7-14(2)22(13)31(3)23(32)17-9-16(19(25)10-20(17)33-4)18-12-30-21(24(26,27)28)8-15(18)11-29/h5-10,12H,1-4H3. The second-order valence-corrected chi connectivity index (χ2v) is 7.77. The molecule has 1 amide bonds. The molecule has 0 aliphatic rings. The molecule has 0 atom stereocenters. The predicted molar refractivity (Wildman–Crippen MR) is 120 cm³/mol. The number of benzene rings is 2. The number of hydrogen-bond acceptors (Lipinski definition) is 4. The van der Waals surface area contributed by atoms with E-state index in [4.69, 9.17) is 16.3 Å². The van der Waals surface area contributed by atoms with E-state index in [0.717, 1.165) is 23.0 Å². The van der Waals surface area contributed by atoms with Crippen molar-refractivity contribution in [2.75, 3.05) is 19.1 Å². The van der Waals surface area contributed by atoms with E-state index in [1.54, 1.807) is 13.1 Å². The smallest absolute Gasteiger partial charge is 0.433 e. The van der Waals surface area contributed by atoms with E-state index in [-0.39, 0.29) is 33.0 Å². The maximum atomic E-state index is 13.4. The van der Waals surface area contributed by atoms with Gasteiger partial charge in [0.1, 0.15) is 11.4 Å². The molecule has 0 unspecified atom stereocenters. The van der Waals surface area contributed by atoms with Gasteiger partial charge in [0.2, 0.25) is 0 Å². The number of halogens is 4. The van der Waals surface area contributed by atoms with Crippen LogP contribution in [0.3, 0.4) is 0 Å². The molecule has 170 valence electrons. The van der Waals surface area contributed by atoms with Gasteiger partial charge in [0.15, 0.2) is 0 Å². The zero-order valence-corrected chi connectivity index (χ0v) is 19.0. The Morgan fingerprint density at radius 1 is 1.15 bits per heavy atom. The molecule has 1 aromatic heterocycles. The van der Waals surface area contributed by atoms with Crippen LogP contribution in [0.1, 0.15) is 32.7 Å². The quantitative estimate of drug-likeness (QED) is 0.453. The number of carbonyl (C=O) groups is 1. The highest BCUT2D eigenvalue weighted by molar-refractivity contribution is 6.34. The molecule has 3 aromatic rings. The average Bonchev–Trinajstić information content (AvgIpc) is 2.77. The summed E-state index contributed by atoms with van der Waals surface area (Å²) >= 11 is 6.36. The Balaban J connectivity index is 2.17. The number of hydrogen-bond donors (Lipinski definition) is 0. The van der Waals surface area contributed by atoms with E-state index in [1.807, 2.05) is 32.0 Å². The van der Waals surface area contributed by atoms with Crippen LogP contribution in [0.15, 0.2) is 42.6 Å². The molecule has 0 aliphatic carbocycles. The minimum absolute atomic E-state index is 0.0712. The fourth-order valence-electron chi connectivity index (χ4n) is 3.63. The molecular formula is C24H19ClF3N3O2. The van der Waals surface area contributed by atoms with Crippen molar-refractivity contribution in [3.05, 3.63) is 75.6 Å². The van der Waals surface area contributed by atoms with Crippen LogP contribution in [0.2, 0.25) is 5.02 Å². The highest BCUT2D eigenvalue weighted by Crippen LogP contribution is 2.38. The first-order valence-corrected chi connectivity index (χ1v) is 10.1. The Kier molecular flexibility index (Phi) is 6.65. The lowest BCUT2D eigenvalue weighted by Crippen LogP contribution is -2.28. The summed E-state index contributed by atoms with van der Waals surface area (Å²) < 4.78 is 44.5. The number of pyridine rings is 1. The highest BCUT2D eigenvalue weighted by atomic mass is 35.5. The minimum Gasteiger partial charge on any atom is -0.496 e. The molecule has 0 radical (unpaired) electrons. The Hall–Kier alpha value is -3.57. The van der Waals surface area contributed by atoms with Crippen molar-refractivity contribution in [3.8, 4) is 22.9 Å². The van der Waals surface area contributed by atoms with Crippen LogP contribution in [0.5, 0.6) is 5.75 Å². The summed E-state index contributed by atoms with van der Waals surface area (Å²) in [5, 5.41) is 9.54. The zero-order valence-electron chi connectivity index (χ0n) is 18.2. The highest BCUT2D eigenvalue weighted by Gasteiger charge is 2.33. The minimum atomic E-state index is -4.71. The van der Waals surface area contributed by atoms with Gasteiger partial charge in [-0.05, 0) is 37.1 Å². The fraction of sp³-hybridized carbons (Fsp3) is 0.208. The van der Waals surface area contributed by atoms with Gasteiger partial charge in [-0.1, -0.05) is 29.8 Å². The van der Waals surface area contributed by atoms with E-state index >= 15 is 0 Å². The lowest BCUT2D eigenvalue weighted by atomic mass is 9.98. The molecule has 33 heavy (non-hydrogen) atoms. The van der Waals surface area contributed by atoms with Crippen molar-refractivity contribution in [2.24, 2.45) is 0 Å². The van der Waals surface area contributed by atoms with Gasteiger partial charge in [0, 0.05) is 36.1 Å². The molecule has 2 aromatic carbocycles. The van der Waals surface area contributed by atoms with Gasteiger partial charge in [0.25, 0.3) is 5.91 Å². The number of alkyl halides is 3. The zero-order chi connectivity index (χ0) is 24.5. The number of ether oxygens (including phenoxy) is 1. The lowest BCUT2D eigenvalue weighted by Gasteiger charge is -2.23. The second kappa shape index (κ2) is 9.12. The van der Waals surface area contributed by atoms with Gasteiger partial charge in [-0.2, -0.15) is 18.4 Å². The first-order valence-electron chi connectivity index (χ1n) is 9.69. The first-order chi connectivity index (χ1) is 15.5. The van der Waals surface area contributed by atoms with Crippen molar-refractivity contribution in [1.82, 2.24) is 4.98 Å². The van der Waals surface area contributed by atoms with Crippen LogP contribution in [-0.2, 0) is 6.18 Å². The first kappa shape index (κ1) is 24.1. The Morgan fingerprint density at radius 3 is 2.33 bits per heavy atom. The van der Waals surface area contributed by atoms with E-state index in [0.29, 0.717) is 6.07 Å². The maximum Gasteiger partial charge on any atom is 0.433 e. The van der Waals surface area contributed by atoms with Gasteiger partial charge in [-0.3, -0.25) is 9.78 Å². The summed E-state index contributed by atoms with van der Waals surface area (Å²) in [4.78, 5) is 18.3. The van der Waals surface area contributed by atoms with Gasteiger partial charge < -0.3 is 9.64 Å². The fourth-order valence-corrected chi connectivity index (χ4v) is 3.89. The topological polar surface area (TPSA) is 66.2 Å². The number of rotatable bonds is 4. The van der Waals surface area contributed by atoms with Crippen LogP contribution in [0.25, 0.3) is 11.1 Å². The van der Waals surface area contributed by atoms with Crippen molar-refractivity contribution < 1.29 is 22.7 Å². The number of carbonyl (C=O) groups excluding carboxylic acids is 1. The molecular weight excluding hydrogens is 455 g/mol. The van der Waals surface area contributed by atoms with Crippen LogP contribution < -0.4 is 9.64 Å². The lowest BCUT2D eigenvalue weighted by molar-refractivity contribution is -0.141. The van der Waals surface area contributed by atoms with Crippen molar-refractivity contribution in [3.63, 3.8) is 0 Å². The molecule has 1 heterocycles. The van der Waals surface area contributed by atoms with Crippen LogP contribution >= 0.6 is 11.6 Å². The number of methoxy groups -OCH3 is 1. The van der Waals surface area contributed by atoms with Gasteiger partial charge in [0.05, 0.1) is 29.3 Å². The molecule has 0 fully saturated rings. The molecule has 0 saturated carbocycles. The van der Waals surface area contributed by atoms with Crippen LogP contribution in [0, 0.1) is 25.2 Å². The maximum absolute atomic E-state index is 13.4. The number of anilines is 1. The molecule has 0 aliphatic heterocycles. The van der Waals surface area contributed by atoms with E-state index in [2.05, 4.69) is 4.98 Å². The number of nitrogens with zero attached hydrogens (tertiary/aromatic N) is 3. The average molecular weight is 474 g/mol. The van der Waals surface area contributed by atoms with Gasteiger partial charge >= 0.3 is 6.18 Å². The normalized spacial score (nSPS) is 11.1. The number of amides is 1. The third-order valence-electron chi connectivity index (χ3n) is 5.20. The molecule has 9 heteroatoms. The van der Waals surface area contributed by atoms with Crippen molar-refractivity contribution >= 4 is 23.2 Å². The van der Waals surface area contributed by atoms with Crippen molar-refractivity contribution in [2.45, 2.75) is 20.0 Å². The summed E-state index contributed by atoms with van der Waals surface area (Å²) in [5.74, 6) is -0.231. The summed E-state index contributed by atoms with van der Waals surface area (Å²) in [6.07, 6.45) is -3.78. The molecule has 0 bridgehead atoms. The number of aromatic nitrogens is 1. The monoisotopic (exact) mass is 473 g/mol. The summed E-state index contributed by atoms with van der Waals surface area (Å²) in [6, 6.07) is 10.8. The van der Waals surface area contributed by atoms with E-state index in [1.165, 1.54) is 24.1 Å². The van der Waals surface area contributed by atoms with E-state index < -0.39 is 17.8 Å². The number of aryl methyl sites for hydroxylation is 2. The van der Waals surface area contributed by atoms with Gasteiger partial charge in [-0.25, -0.2) is 0 Å². The summed E-state index contributed by atoms with van der Waals surface area (Å²) in [5.41, 5.74) is 1.41. The number of nitriles is 1. The predicted octanol–water partition coefficient (Wildman–Crippen LogP) is 6.19. The molecule has 0 saturated heterocycles. The van der Waals surface area contributed by atoms with Crippen molar-refractivity contribution in [1.29, 1.82) is 5.26 Å². The summed E-state index contributed by atoms with van der Waals surface area (Å²) in [6.45, 7) is 3.76. The SMILES string of the molecule is COc1cc(Cl)c(-c2cnc(C(F)(F)F)cc2C#N)cc1C(=O)N(C)c1c(C)cccc1C. The Bertz CT molecular complexity index is 1260. The Morgan fingerprint density at radius 2 is 1.79 bits per heavy atom. The third kappa shape index (κ3) is 4.64. The van der Waals surface area contributed by atoms with Gasteiger partial charge in [-0.15, -0.1) is 0 Å². The van der Waals surface area contributed by atoms with Crippen LogP contribution in [-0.4, -0.2) is 25.0 Å². The number of para-hydroxylation sites is 1. The third-order valence-corrected chi connectivity index (χ3v) is 5.52.